The standard InChI is InChI=1S/C14H12ClNO4/c1-19-10-6-8(15)4-5-9(10)13-16-11(7-2-3-7)12(20-13)14(17)18/h4-7H,2-3H2,1H3,(H,17,18). The predicted molar refractivity (Wildman–Crippen MR) is 72.4 cm³/mol. The number of halogens is 1. The molecule has 2 aromatic rings. The molecular weight excluding hydrogens is 282 g/mol. The molecule has 1 saturated carbocycles. The zero-order chi connectivity index (χ0) is 14.3. The fourth-order valence-corrected chi connectivity index (χ4v) is 2.24. The molecule has 1 aliphatic rings. The second-order valence-electron chi connectivity index (χ2n) is 4.66. The number of ether oxygens (including phenoxy) is 1. The third kappa shape index (κ3) is 2.25. The largest absolute Gasteiger partial charge is 0.496 e. The number of aromatic carboxylic acids is 1. The normalized spacial score (nSPS) is 14.3. The Bertz CT molecular complexity index is 676. The van der Waals surface area contributed by atoms with Crippen molar-refractivity contribution in [3.05, 3.63) is 34.7 Å². The number of rotatable bonds is 4. The molecule has 0 spiro atoms. The minimum Gasteiger partial charge on any atom is -0.496 e. The predicted octanol–water partition coefficient (Wildman–Crippen LogP) is 3.58. The minimum absolute atomic E-state index is 0.0838. The Morgan fingerprint density at radius 3 is 2.85 bits per heavy atom. The molecule has 0 bridgehead atoms. The highest BCUT2D eigenvalue weighted by molar-refractivity contribution is 6.30. The molecule has 1 aromatic carbocycles. The highest BCUT2D eigenvalue weighted by Gasteiger charge is 2.34. The fourth-order valence-electron chi connectivity index (χ4n) is 2.08. The first-order valence-electron chi connectivity index (χ1n) is 6.18. The smallest absolute Gasteiger partial charge is 0.373 e. The van der Waals surface area contributed by atoms with Crippen LogP contribution < -0.4 is 4.74 Å². The Hall–Kier alpha value is -2.01. The highest BCUT2D eigenvalue weighted by Crippen LogP contribution is 2.43. The van der Waals surface area contributed by atoms with Crippen LogP contribution >= 0.6 is 11.6 Å². The van der Waals surface area contributed by atoms with Crippen molar-refractivity contribution < 1.29 is 19.1 Å². The zero-order valence-corrected chi connectivity index (χ0v) is 11.5. The van der Waals surface area contributed by atoms with Gasteiger partial charge in [-0.25, -0.2) is 9.78 Å². The molecule has 6 heteroatoms. The molecule has 1 aromatic heterocycles. The van der Waals surface area contributed by atoms with Crippen LogP contribution in [0.15, 0.2) is 22.6 Å². The lowest BCUT2D eigenvalue weighted by molar-refractivity contribution is 0.0661. The van der Waals surface area contributed by atoms with Crippen LogP contribution in [-0.4, -0.2) is 23.2 Å². The van der Waals surface area contributed by atoms with E-state index in [1.807, 2.05) is 0 Å². The van der Waals surface area contributed by atoms with Crippen LogP contribution in [0.4, 0.5) is 0 Å². The number of methoxy groups -OCH3 is 1. The number of hydrogen-bond donors (Lipinski definition) is 1. The van der Waals surface area contributed by atoms with Crippen molar-refractivity contribution in [3.8, 4) is 17.2 Å². The third-order valence-corrected chi connectivity index (χ3v) is 3.44. The average molecular weight is 294 g/mol. The molecule has 1 fully saturated rings. The molecule has 1 aliphatic carbocycles. The van der Waals surface area contributed by atoms with Crippen molar-refractivity contribution in [2.24, 2.45) is 0 Å². The molecule has 0 unspecified atom stereocenters. The highest BCUT2D eigenvalue weighted by atomic mass is 35.5. The van der Waals surface area contributed by atoms with Gasteiger partial charge in [-0.05, 0) is 31.0 Å². The van der Waals surface area contributed by atoms with Gasteiger partial charge in [0, 0.05) is 10.9 Å². The molecule has 3 rings (SSSR count). The molecule has 1 N–H and O–H groups in total. The van der Waals surface area contributed by atoms with E-state index in [1.165, 1.54) is 7.11 Å². The Kier molecular flexibility index (Phi) is 3.14. The lowest BCUT2D eigenvalue weighted by Crippen LogP contribution is -1.98. The van der Waals surface area contributed by atoms with Crippen molar-refractivity contribution in [2.75, 3.05) is 7.11 Å². The summed E-state index contributed by atoms with van der Waals surface area (Å²) in [4.78, 5) is 15.6. The summed E-state index contributed by atoms with van der Waals surface area (Å²) in [7, 11) is 1.51. The van der Waals surface area contributed by atoms with Crippen LogP contribution in [0.25, 0.3) is 11.5 Å². The summed E-state index contributed by atoms with van der Waals surface area (Å²) in [5.41, 5.74) is 1.11. The molecule has 0 atom stereocenters. The average Bonchev–Trinajstić information content (AvgIpc) is 3.17. The zero-order valence-electron chi connectivity index (χ0n) is 10.7. The van der Waals surface area contributed by atoms with Gasteiger partial charge in [0.2, 0.25) is 11.7 Å². The van der Waals surface area contributed by atoms with E-state index in [9.17, 15) is 9.90 Å². The molecule has 20 heavy (non-hydrogen) atoms. The lowest BCUT2D eigenvalue weighted by Gasteiger charge is -2.05. The van der Waals surface area contributed by atoms with E-state index < -0.39 is 5.97 Å². The summed E-state index contributed by atoms with van der Waals surface area (Å²) in [5, 5.41) is 9.71. The van der Waals surface area contributed by atoms with Crippen molar-refractivity contribution in [1.29, 1.82) is 0 Å². The van der Waals surface area contributed by atoms with Gasteiger partial charge >= 0.3 is 5.97 Å². The van der Waals surface area contributed by atoms with Crippen LogP contribution in [-0.2, 0) is 0 Å². The quantitative estimate of drug-likeness (QED) is 0.932. The fraction of sp³-hybridized carbons (Fsp3) is 0.286. The van der Waals surface area contributed by atoms with Gasteiger partial charge in [0.25, 0.3) is 0 Å². The summed E-state index contributed by atoms with van der Waals surface area (Å²) >= 11 is 5.91. The first-order valence-corrected chi connectivity index (χ1v) is 6.56. The van der Waals surface area contributed by atoms with E-state index in [0.29, 0.717) is 22.0 Å². The van der Waals surface area contributed by atoms with E-state index in [0.717, 1.165) is 12.8 Å². The Labute approximate surface area is 120 Å². The molecule has 5 nitrogen and oxygen atoms in total. The molecule has 0 aliphatic heterocycles. The maximum absolute atomic E-state index is 11.2. The second kappa shape index (κ2) is 4.83. The van der Waals surface area contributed by atoms with Crippen molar-refractivity contribution in [2.45, 2.75) is 18.8 Å². The van der Waals surface area contributed by atoms with Crippen molar-refractivity contribution in [1.82, 2.24) is 4.98 Å². The molecule has 1 heterocycles. The number of carbonyl (C=O) groups is 1. The number of carboxylic acids is 1. The van der Waals surface area contributed by atoms with Gasteiger partial charge in [0.05, 0.1) is 18.4 Å². The monoisotopic (exact) mass is 293 g/mol. The Morgan fingerprint density at radius 1 is 1.50 bits per heavy atom. The van der Waals surface area contributed by atoms with Crippen LogP contribution in [0.5, 0.6) is 5.75 Å². The van der Waals surface area contributed by atoms with Crippen LogP contribution in [0, 0.1) is 0 Å². The van der Waals surface area contributed by atoms with Gasteiger partial charge in [0.15, 0.2) is 0 Å². The SMILES string of the molecule is COc1cc(Cl)ccc1-c1nc(C2CC2)c(C(=O)O)o1. The Balaban J connectivity index is 2.10. The molecular formula is C14H12ClNO4. The summed E-state index contributed by atoms with van der Waals surface area (Å²) in [6, 6.07) is 5.02. The molecule has 0 saturated heterocycles. The summed E-state index contributed by atoms with van der Waals surface area (Å²) in [5.74, 6) is -0.245. The van der Waals surface area contributed by atoms with Crippen molar-refractivity contribution >= 4 is 17.6 Å². The van der Waals surface area contributed by atoms with Gasteiger partial charge in [0.1, 0.15) is 5.75 Å². The number of nitrogens with zero attached hydrogens (tertiary/aromatic N) is 1. The number of aromatic nitrogens is 1. The molecule has 104 valence electrons. The van der Waals surface area contributed by atoms with Crippen LogP contribution in [0.1, 0.15) is 35.0 Å². The summed E-state index contributed by atoms with van der Waals surface area (Å²) < 4.78 is 10.6. The number of carboxylic acid groups (broad SMARTS) is 1. The molecule has 0 amide bonds. The van der Waals surface area contributed by atoms with E-state index in [-0.39, 0.29) is 17.6 Å². The van der Waals surface area contributed by atoms with Crippen LogP contribution in [0.2, 0.25) is 5.02 Å². The van der Waals surface area contributed by atoms with Gasteiger partial charge in [-0.15, -0.1) is 0 Å². The number of oxazole rings is 1. The maximum atomic E-state index is 11.2. The summed E-state index contributed by atoms with van der Waals surface area (Å²) in [6.45, 7) is 0. The van der Waals surface area contributed by atoms with Crippen LogP contribution in [0.3, 0.4) is 0 Å². The van der Waals surface area contributed by atoms with Gasteiger partial charge in [-0.2, -0.15) is 0 Å². The molecule has 0 radical (unpaired) electrons. The topological polar surface area (TPSA) is 72.6 Å². The van der Waals surface area contributed by atoms with E-state index in [4.69, 9.17) is 20.8 Å². The first kappa shape index (κ1) is 13.0. The maximum Gasteiger partial charge on any atom is 0.373 e. The van der Waals surface area contributed by atoms with E-state index in [2.05, 4.69) is 4.98 Å². The minimum atomic E-state index is -1.10. The van der Waals surface area contributed by atoms with E-state index >= 15 is 0 Å². The third-order valence-electron chi connectivity index (χ3n) is 3.21. The van der Waals surface area contributed by atoms with Crippen molar-refractivity contribution in [3.63, 3.8) is 0 Å². The number of hydrogen-bond acceptors (Lipinski definition) is 4. The lowest BCUT2D eigenvalue weighted by atomic mass is 10.2. The summed E-state index contributed by atoms with van der Waals surface area (Å²) in [6.07, 6.45) is 1.90. The van der Waals surface area contributed by atoms with E-state index in [1.54, 1.807) is 18.2 Å². The van der Waals surface area contributed by atoms with Gasteiger partial charge in [-0.3, -0.25) is 0 Å². The second-order valence-corrected chi connectivity index (χ2v) is 5.09. The Morgan fingerprint density at radius 2 is 2.25 bits per heavy atom. The number of benzene rings is 1. The van der Waals surface area contributed by atoms with Gasteiger partial charge < -0.3 is 14.3 Å². The van der Waals surface area contributed by atoms with Gasteiger partial charge in [-0.1, -0.05) is 11.6 Å². The first-order chi connectivity index (χ1) is 9.60.